The Hall–Kier alpha value is -2.84. The molecule has 1 N–H and O–H groups in total. The molecule has 0 fully saturated rings. The van der Waals surface area contributed by atoms with Gasteiger partial charge in [0, 0.05) is 11.0 Å². The van der Waals surface area contributed by atoms with Crippen molar-refractivity contribution >= 4 is 37.5 Å². The van der Waals surface area contributed by atoms with E-state index in [1.807, 2.05) is 31.2 Å². The number of rotatable bonds is 9. The SMILES string of the molecule is CCOc1cccc(CNC(=O)CN(c2cccc(Br)c2)S(=O)(=O)c2ccccc2)c1. The summed E-state index contributed by atoms with van der Waals surface area (Å²) in [6, 6.07) is 22.3. The molecule has 0 unspecified atom stereocenters. The van der Waals surface area contributed by atoms with Gasteiger partial charge < -0.3 is 10.1 Å². The number of hydrogen-bond acceptors (Lipinski definition) is 4. The van der Waals surface area contributed by atoms with Crippen LogP contribution in [0.25, 0.3) is 0 Å². The molecule has 0 aliphatic heterocycles. The molecule has 6 nitrogen and oxygen atoms in total. The van der Waals surface area contributed by atoms with Crippen molar-refractivity contribution in [3.05, 3.63) is 88.9 Å². The first kappa shape index (κ1) is 22.8. The van der Waals surface area contributed by atoms with Gasteiger partial charge in [-0.05, 0) is 55.0 Å². The van der Waals surface area contributed by atoms with Gasteiger partial charge in [-0.2, -0.15) is 0 Å². The molecular weight excluding hydrogens is 480 g/mol. The highest BCUT2D eigenvalue weighted by Gasteiger charge is 2.27. The second-order valence-corrected chi connectivity index (χ2v) is 9.44. The van der Waals surface area contributed by atoms with Crippen molar-refractivity contribution in [3.8, 4) is 5.75 Å². The van der Waals surface area contributed by atoms with Crippen molar-refractivity contribution in [1.82, 2.24) is 5.32 Å². The van der Waals surface area contributed by atoms with E-state index < -0.39 is 15.9 Å². The molecule has 0 heterocycles. The molecule has 0 aliphatic carbocycles. The van der Waals surface area contributed by atoms with E-state index in [1.165, 1.54) is 12.1 Å². The summed E-state index contributed by atoms with van der Waals surface area (Å²) < 4.78 is 33.9. The van der Waals surface area contributed by atoms with Crippen molar-refractivity contribution in [1.29, 1.82) is 0 Å². The largest absolute Gasteiger partial charge is 0.494 e. The summed E-state index contributed by atoms with van der Waals surface area (Å²) in [5, 5.41) is 2.79. The Morgan fingerprint density at radius 3 is 2.45 bits per heavy atom. The average Bonchev–Trinajstić information content (AvgIpc) is 2.77. The first-order valence-electron chi connectivity index (χ1n) is 9.72. The van der Waals surface area contributed by atoms with Gasteiger partial charge in [0.05, 0.1) is 17.2 Å². The number of nitrogens with one attached hydrogen (secondary N) is 1. The maximum atomic E-state index is 13.3. The first-order chi connectivity index (χ1) is 14.9. The lowest BCUT2D eigenvalue weighted by Crippen LogP contribution is -2.40. The second-order valence-electron chi connectivity index (χ2n) is 6.66. The third kappa shape index (κ3) is 6.08. The van der Waals surface area contributed by atoms with E-state index >= 15 is 0 Å². The molecule has 3 rings (SSSR count). The molecule has 3 aromatic rings. The van der Waals surface area contributed by atoms with Crippen LogP contribution in [0.5, 0.6) is 5.75 Å². The van der Waals surface area contributed by atoms with Crippen LogP contribution in [0.3, 0.4) is 0 Å². The second kappa shape index (κ2) is 10.5. The molecule has 1 amide bonds. The molecule has 0 bridgehead atoms. The summed E-state index contributed by atoms with van der Waals surface area (Å²) in [6.07, 6.45) is 0. The van der Waals surface area contributed by atoms with E-state index in [-0.39, 0.29) is 18.0 Å². The monoisotopic (exact) mass is 502 g/mol. The summed E-state index contributed by atoms with van der Waals surface area (Å²) in [5.41, 5.74) is 1.26. The highest BCUT2D eigenvalue weighted by Crippen LogP contribution is 2.26. The van der Waals surface area contributed by atoms with Crippen molar-refractivity contribution < 1.29 is 17.9 Å². The van der Waals surface area contributed by atoms with Crippen LogP contribution in [0.1, 0.15) is 12.5 Å². The molecule has 162 valence electrons. The van der Waals surface area contributed by atoms with Crippen molar-refractivity contribution in [2.24, 2.45) is 0 Å². The summed E-state index contributed by atoms with van der Waals surface area (Å²) in [7, 11) is -3.93. The quantitative estimate of drug-likeness (QED) is 0.471. The number of carbonyl (C=O) groups is 1. The number of benzene rings is 3. The molecule has 8 heteroatoms. The Balaban J connectivity index is 1.80. The molecule has 0 saturated carbocycles. The summed E-state index contributed by atoms with van der Waals surface area (Å²) >= 11 is 3.37. The lowest BCUT2D eigenvalue weighted by molar-refractivity contribution is -0.119. The first-order valence-corrected chi connectivity index (χ1v) is 12.0. The highest BCUT2D eigenvalue weighted by molar-refractivity contribution is 9.10. The Morgan fingerprint density at radius 2 is 1.74 bits per heavy atom. The number of hydrogen-bond donors (Lipinski definition) is 1. The molecule has 0 aliphatic rings. The van der Waals surface area contributed by atoms with Gasteiger partial charge in [0.15, 0.2) is 0 Å². The molecule has 0 aromatic heterocycles. The number of carbonyl (C=O) groups excluding carboxylic acids is 1. The summed E-state index contributed by atoms with van der Waals surface area (Å²) in [6.45, 7) is 2.36. The predicted molar refractivity (Wildman–Crippen MR) is 125 cm³/mol. The topological polar surface area (TPSA) is 75.7 Å². The molecule has 31 heavy (non-hydrogen) atoms. The fourth-order valence-electron chi connectivity index (χ4n) is 2.96. The molecule has 0 atom stereocenters. The maximum absolute atomic E-state index is 13.3. The van der Waals surface area contributed by atoms with E-state index in [0.29, 0.717) is 16.8 Å². The zero-order valence-electron chi connectivity index (χ0n) is 17.0. The third-order valence-electron chi connectivity index (χ3n) is 4.41. The number of nitrogens with zero attached hydrogens (tertiary/aromatic N) is 1. The van der Waals surface area contributed by atoms with Gasteiger partial charge in [-0.1, -0.05) is 52.3 Å². The zero-order valence-corrected chi connectivity index (χ0v) is 19.4. The van der Waals surface area contributed by atoms with Crippen LogP contribution in [0.4, 0.5) is 5.69 Å². The average molecular weight is 503 g/mol. The summed E-state index contributed by atoms with van der Waals surface area (Å²) in [5.74, 6) is 0.304. The number of anilines is 1. The predicted octanol–water partition coefficient (Wildman–Crippen LogP) is 4.36. The van der Waals surface area contributed by atoms with Gasteiger partial charge in [-0.3, -0.25) is 9.10 Å². The van der Waals surface area contributed by atoms with Gasteiger partial charge in [-0.15, -0.1) is 0 Å². The van der Waals surface area contributed by atoms with Crippen LogP contribution < -0.4 is 14.4 Å². The molecule has 0 spiro atoms. The maximum Gasteiger partial charge on any atom is 0.264 e. The zero-order chi connectivity index (χ0) is 22.3. The van der Waals surface area contributed by atoms with Gasteiger partial charge in [0.2, 0.25) is 5.91 Å². The number of amides is 1. The molecule has 0 saturated heterocycles. The van der Waals surface area contributed by atoms with Gasteiger partial charge >= 0.3 is 0 Å². The lowest BCUT2D eigenvalue weighted by atomic mass is 10.2. The number of ether oxygens (including phenoxy) is 1. The minimum Gasteiger partial charge on any atom is -0.494 e. The van der Waals surface area contributed by atoms with Crippen molar-refractivity contribution in [2.45, 2.75) is 18.4 Å². The highest BCUT2D eigenvalue weighted by atomic mass is 79.9. The van der Waals surface area contributed by atoms with Crippen LogP contribution in [0.15, 0.2) is 88.2 Å². The van der Waals surface area contributed by atoms with Crippen molar-refractivity contribution in [2.75, 3.05) is 17.5 Å². The third-order valence-corrected chi connectivity index (χ3v) is 6.70. The number of sulfonamides is 1. The Bertz CT molecular complexity index is 1140. The van der Waals surface area contributed by atoms with Crippen LogP contribution in [0.2, 0.25) is 0 Å². The van der Waals surface area contributed by atoms with Crippen LogP contribution >= 0.6 is 15.9 Å². The molecule has 0 radical (unpaired) electrons. The van der Waals surface area contributed by atoms with Gasteiger partial charge in [-0.25, -0.2) is 8.42 Å². The van der Waals surface area contributed by atoms with E-state index in [2.05, 4.69) is 21.2 Å². The van der Waals surface area contributed by atoms with E-state index in [4.69, 9.17) is 4.74 Å². The standard InChI is InChI=1S/C23H23BrN2O4S/c1-2-30-21-11-6-8-18(14-21)16-25-23(27)17-26(20-10-7-9-19(24)15-20)31(28,29)22-12-4-3-5-13-22/h3-15H,2,16-17H2,1H3,(H,25,27). The minimum absolute atomic E-state index is 0.118. The summed E-state index contributed by atoms with van der Waals surface area (Å²) in [4.78, 5) is 12.8. The lowest BCUT2D eigenvalue weighted by Gasteiger charge is -2.24. The van der Waals surface area contributed by atoms with E-state index in [9.17, 15) is 13.2 Å². The van der Waals surface area contributed by atoms with Crippen LogP contribution in [-0.4, -0.2) is 27.5 Å². The molecule has 3 aromatic carbocycles. The van der Waals surface area contributed by atoms with Crippen LogP contribution in [-0.2, 0) is 21.4 Å². The fourth-order valence-corrected chi connectivity index (χ4v) is 4.79. The Labute approximate surface area is 191 Å². The van der Waals surface area contributed by atoms with E-state index in [1.54, 1.807) is 42.5 Å². The van der Waals surface area contributed by atoms with Gasteiger partial charge in [0.1, 0.15) is 12.3 Å². The Kier molecular flexibility index (Phi) is 7.70. The Morgan fingerprint density at radius 1 is 1.00 bits per heavy atom. The van der Waals surface area contributed by atoms with E-state index in [0.717, 1.165) is 15.6 Å². The minimum atomic E-state index is -3.93. The van der Waals surface area contributed by atoms with Crippen molar-refractivity contribution in [3.63, 3.8) is 0 Å². The molecular formula is C23H23BrN2O4S. The normalized spacial score (nSPS) is 11.0. The fraction of sp³-hybridized carbons (Fsp3) is 0.174. The van der Waals surface area contributed by atoms with Crippen LogP contribution in [0, 0.1) is 0 Å². The number of halogens is 1. The van der Waals surface area contributed by atoms with Gasteiger partial charge in [0.25, 0.3) is 10.0 Å². The smallest absolute Gasteiger partial charge is 0.264 e.